The zero-order valence-corrected chi connectivity index (χ0v) is 11.6. The van der Waals surface area contributed by atoms with E-state index in [2.05, 4.69) is 16.8 Å². The van der Waals surface area contributed by atoms with Gasteiger partial charge in [0.15, 0.2) is 0 Å². The molecule has 1 saturated heterocycles. The lowest BCUT2D eigenvalue weighted by Gasteiger charge is -2.32. The fourth-order valence-corrected chi connectivity index (χ4v) is 2.20. The second-order valence-electron chi connectivity index (χ2n) is 5.05. The average molecular weight is 282 g/mol. The summed E-state index contributed by atoms with van der Waals surface area (Å²) >= 11 is 0. The molecule has 1 aromatic carbocycles. The van der Waals surface area contributed by atoms with E-state index in [4.69, 9.17) is 4.74 Å². The van der Waals surface area contributed by atoms with Crippen LogP contribution in [-0.2, 0) is 0 Å². The molecule has 0 aliphatic carbocycles. The highest BCUT2D eigenvalue weighted by Crippen LogP contribution is 2.11. The zero-order valence-electron chi connectivity index (χ0n) is 11.6. The Labute approximate surface area is 118 Å². The molecule has 2 rings (SSSR count). The molecule has 110 valence electrons. The lowest BCUT2D eigenvalue weighted by atomic mass is 9.79. The summed E-state index contributed by atoms with van der Waals surface area (Å²) in [5.74, 6) is -0.266. The number of piperazine rings is 1. The van der Waals surface area contributed by atoms with E-state index in [0.29, 0.717) is 6.61 Å². The number of hydrogen-bond acceptors (Lipinski definition) is 5. The van der Waals surface area contributed by atoms with Gasteiger partial charge in [0, 0.05) is 44.3 Å². The van der Waals surface area contributed by atoms with Gasteiger partial charge in [0.2, 0.25) is 0 Å². The quantitative estimate of drug-likeness (QED) is 0.688. The van der Waals surface area contributed by atoms with Crippen molar-refractivity contribution in [2.24, 2.45) is 0 Å². The van der Waals surface area contributed by atoms with Crippen molar-refractivity contribution < 1.29 is 19.2 Å². The van der Waals surface area contributed by atoms with Crippen LogP contribution in [0.5, 0.6) is 5.75 Å². The molecule has 7 heteroatoms. The van der Waals surface area contributed by atoms with E-state index in [0.717, 1.165) is 32.7 Å². The number of likely N-dealkylation sites (N-methyl/N-ethyl adjacent to an activating group) is 1. The highest BCUT2D eigenvalue weighted by atomic mass is 19.1. The summed E-state index contributed by atoms with van der Waals surface area (Å²) in [6.45, 7) is 5.16. The molecule has 0 radical (unpaired) electrons. The van der Waals surface area contributed by atoms with Crippen LogP contribution in [0.3, 0.4) is 0 Å². The molecule has 1 aliphatic heterocycles. The Hall–Kier alpha value is -1.15. The second-order valence-corrected chi connectivity index (χ2v) is 5.05. The van der Waals surface area contributed by atoms with Crippen molar-refractivity contribution in [1.29, 1.82) is 0 Å². The molecule has 1 heterocycles. The van der Waals surface area contributed by atoms with Crippen LogP contribution in [0, 0.1) is 5.82 Å². The van der Waals surface area contributed by atoms with Crippen molar-refractivity contribution in [3.8, 4) is 5.75 Å². The summed E-state index contributed by atoms with van der Waals surface area (Å²) < 4.78 is 18.7. The summed E-state index contributed by atoms with van der Waals surface area (Å²) in [6, 6.07) is 3.69. The fraction of sp³-hybridized carbons (Fsp3) is 0.538. The summed E-state index contributed by atoms with van der Waals surface area (Å²) in [4.78, 5) is 4.54. The minimum Gasteiger partial charge on any atom is -0.493 e. The van der Waals surface area contributed by atoms with Crippen molar-refractivity contribution in [3.63, 3.8) is 0 Å². The van der Waals surface area contributed by atoms with Crippen LogP contribution in [0.2, 0.25) is 0 Å². The highest BCUT2D eigenvalue weighted by molar-refractivity contribution is 6.59. The molecule has 0 bridgehead atoms. The number of hydrogen-bond donors (Lipinski definition) is 2. The monoisotopic (exact) mass is 282 g/mol. The van der Waals surface area contributed by atoms with Gasteiger partial charge in [-0.3, -0.25) is 4.90 Å². The molecule has 1 fully saturated rings. The third-order valence-electron chi connectivity index (χ3n) is 3.51. The van der Waals surface area contributed by atoms with E-state index < -0.39 is 12.9 Å². The molecular formula is C13H20BFN2O3. The maximum Gasteiger partial charge on any atom is 0.492 e. The Morgan fingerprint density at radius 1 is 1.25 bits per heavy atom. The fourth-order valence-electron chi connectivity index (χ4n) is 2.20. The number of benzene rings is 1. The van der Waals surface area contributed by atoms with Crippen molar-refractivity contribution in [1.82, 2.24) is 9.80 Å². The largest absolute Gasteiger partial charge is 0.493 e. The Morgan fingerprint density at radius 2 is 1.95 bits per heavy atom. The molecule has 0 atom stereocenters. The smallest absolute Gasteiger partial charge is 0.492 e. The Kier molecular flexibility index (Phi) is 5.36. The first-order chi connectivity index (χ1) is 9.56. The maximum atomic E-state index is 13.2. The topological polar surface area (TPSA) is 56.2 Å². The van der Waals surface area contributed by atoms with Crippen molar-refractivity contribution in [2.45, 2.75) is 0 Å². The predicted molar refractivity (Wildman–Crippen MR) is 75.7 cm³/mol. The first-order valence-corrected chi connectivity index (χ1v) is 6.75. The van der Waals surface area contributed by atoms with E-state index in [1.54, 1.807) is 0 Å². The van der Waals surface area contributed by atoms with Crippen molar-refractivity contribution in [3.05, 3.63) is 24.0 Å². The SMILES string of the molecule is CN1CCN(CCOc2cc(F)ccc2B(O)O)CC1. The van der Waals surface area contributed by atoms with Gasteiger partial charge in [0.05, 0.1) is 0 Å². The van der Waals surface area contributed by atoms with Crippen LogP contribution >= 0.6 is 0 Å². The third kappa shape index (κ3) is 4.18. The first kappa shape index (κ1) is 15.2. The van der Waals surface area contributed by atoms with Gasteiger partial charge >= 0.3 is 7.12 Å². The van der Waals surface area contributed by atoms with Crippen LogP contribution in [0.15, 0.2) is 18.2 Å². The van der Waals surface area contributed by atoms with Crippen LogP contribution in [0.4, 0.5) is 4.39 Å². The van der Waals surface area contributed by atoms with Crippen LogP contribution in [-0.4, -0.2) is 73.3 Å². The lowest BCUT2D eigenvalue weighted by Crippen LogP contribution is -2.45. The molecule has 0 amide bonds. The standard InChI is InChI=1S/C13H20BFN2O3/c1-16-4-6-17(7-5-16)8-9-20-13-10-11(15)2-3-12(13)14(18)19/h2-3,10,18-19H,4-9H2,1H3. The number of rotatable bonds is 5. The van der Waals surface area contributed by atoms with Gasteiger partial charge in [0.25, 0.3) is 0 Å². The molecule has 0 aromatic heterocycles. The molecular weight excluding hydrogens is 262 g/mol. The summed E-state index contributed by atoms with van der Waals surface area (Å²) in [5, 5.41) is 18.4. The second kappa shape index (κ2) is 7.03. The van der Waals surface area contributed by atoms with Gasteiger partial charge in [-0.25, -0.2) is 4.39 Å². The zero-order chi connectivity index (χ0) is 14.5. The van der Waals surface area contributed by atoms with Crippen molar-refractivity contribution >= 4 is 12.6 Å². The lowest BCUT2D eigenvalue weighted by molar-refractivity contribution is 0.134. The van der Waals surface area contributed by atoms with E-state index in [1.165, 1.54) is 18.2 Å². The normalized spacial score (nSPS) is 17.2. The molecule has 20 heavy (non-hydrogen) atoms. The number of nitrogens with zero attached hydrogens (tertiary/aromatic N) is 2. The maximum absolute atomic E-state index is 13.2. The number of ether oxygens (including phenoxy) is 1. The molecule has 0 saturated carbocycles. The summed E-state index contributed by atoms with van der Waals surface area (Å²) in [6.07, 6.45) is 0. The summed E-state index contributed by atoms with van der Waals surface area (Å²) in [7, 11) is 0.435. The summed E-state index contributed by atoms with van der Waals surface area (Å²) in [5.41, 5.74) is 0.185. The Balaban J connectivity index is 1.86. The minimum atomic E-state index is -1.66. The predicted octanol–water partition coefficient (Wildman–Crippen LogP) is -0.868. The highest BCUT2D eigenvalue weighted by Gasteiger charge is 2.18. The Morgan fingerprint density at radius 3 is 2.60 bits per heavy atom. The molecule has 5 nitrogen and oxygen atoms in total. The molecule has 0 spiro atoms. The van der Waals surface area contributed by atoms with E-state index >= 15 is 0 Å². The van der Waals surface area contributed by atoms with Crippen molar-refractivity contribution in [2.75, 3.05) is 46.4 Å². The van der Waals surface area contributed by atoms with Crippen LogP contribution in [0.25, 0.3) is 0 Å². The third-order valence-corrected chi connectivity index (χ3v) is 3.51. The molecule has 1 aromatic rings. The van der Waals surface area contributed by atoms with Gasteiger partial charge in [-0.1, -0.05) is 6.07 Å². The van der Waals surface area contributed by atoms with Gasteiger partial charge in [-0.15, -0.1) is 0 Å². The number of halogens is 1. The van der Waals surface area contributed by atoms with Gasteiger partial charge in [-0.2, -0.15) is 0 Å². The first-order valence-electron chi connectivity index (χ1n) is 6.75. The molecule has 1 aliphatic rings. The van der Waals surface area contributed by atoms with E-state index in [9.17, 15) is 14.4 Å². The van der Waals surface area contributed by atoms with Gasteiger partial charge in [0.1, 0.15) is 18.2 Å². The molecule has 0 unspecified atom stereocenters. The van der Waals surface area contributed by atoms with Crippen LogP contribution < -0.4 is 10.2 Å². The molecule has 2 N–H and O–H groups in total. The van der Waals surface area contributed by atoms with E-state index in [-0.39, 0.29) is 11.2 Å². The van der Waals surface area contributed by atoms with E-state index in [1.807, 2.05) is 0 Å². The van der Waals surface area contributed by atoms with Gasteiger partial charge in [-0.05, 0) is 13.1 Å². The minimum absolute atomic E-state index is 0.185. The van der Waals surface area contributed by atoms with Crippen LogP contribution in [0.1, 0.15) is 0 Å². The average Bonchev–Trinajstić information content (AvgIpc) is 2.41. The Bertz CT molecular complexity index is 440. The van der Waals surface area contributed by atoms with Gasteiger partial charge < -0.3 is 19.7 Å².